The summed E-state index contributed by atoms with van der Waals surface area (Å²) in [4.78, 5) is 3.88. The van der Waals surface area contributed by atoms with Crippen LogP contribution in [0.4, 0.5) is 24.5 Å². The molecule has 37 heavy (non-hydrogen) atoms. The molecule has 0 bridgehead atoms. The van der Waals surface area contributed by atoms with Gasteiger partial charge in [-0.15, -0.1) is 0 Å². The zero-order valence-electron chi connectivity index (χ0n) is 19.7. The van der Waals surface area contributed by atoms with Crippen molar-refractivity contribution in [3.63, 3.8) is 0 Å². The molecule has 0 radical (unpaired) electrons. The second-order valence-electron chi connectivity index (χ2n) is 8.93. The molecule has 0 aliphatic carbocycles. The van der Waals surface area contributed by atoms with Crippen molar-refractivity contribution in [2.45, 2.75) is 38.0 Å². The number of hydrogen-bond donors (Lipinski definition) is 3. The van der Waals surface area contributed by atoms with Gasteiger partial charge in [-0.1, -0.05) is 29.8 Å². The summed E-state index contributed by atoms with van der Waals surface area (Å²) in [6, 6.07) is 14.6. The van der Waals surface area contributed by atoms with E-state index < -0.39 is 29.6 Å². The topological polar surface area (TPSA) is 78.2 Å². The Morgan fingerprint density at radius 3 is 2.62 bits per heavy atom. The van der Waals surface area contributed by atoms with Gasteiger partial charge in [0.05, 0.1) is 18.3 Å². The van der Waals surface area contributed by atoms with Crippen LogP contribution in [0.3, 0.4) is 0 Å². The minimum atomic E-state index is -1.94. The van der Waals surface area contributed by atoms with Crippen LogP contribution in [-0.4, -0.2) is 25.9 Å². The van der Waals surface area contributed by atoms with E-state index in [1.165, 1.54) is 28.4 Å². The van der Waals surface area contributed by atoms with Crippen molar-refractivity contribution in [1.82, 2.24) is 20.2 Å². The maximum Gasteiger partial charge on any atom is 0.195 e. The monoisotopic (exact) mass is 528 g/mol. The fraction of sp³-hybridized carbons (Fsp3) is 0.231. The van der Waals surface area contributed by atoms with E-state index in [2.05, 4.69) is 20.8 Å². The first-order valence-corrected chi connectivity index (χ1v) is 11.9. The summed E-state index contributed by atoms with van der Waals surface area (Å²) in [6.45, 7) is 1.94. The van der Waals surface area contributed by atoms with Gasteiger partial charge >= 0.3 is 0 Å². The molecule has 0 fully saturated rings. The highest BCUT2D eigenvalue weighted by Crippen LogP contribution is 2.41. The van der Waals surface area contributed by atoms with Crippen LogP contribution < -0.4 is 15.8 Å². The Kier molecular flexibility index (Phi) is 6.80. The van der Waals surface area contributed by atoms with Gasteiger partial charge in [0, 0.05) is 34.4 Å². The molecule has 7 nitrogen and oxygen atoms in total. The Morgan fingerprint density at radius 1 is 1.14 bits per heavy atom. The lowest BCUT2D eigenvalue weighted by atomic mass is 9.85. The van der Waals surface area contributed by atoms with E-state index in [4.69, 9.17) is 11.6 Å². The van der Waals surface area contributed by atoms with Gasteiger partial charge in [0.2, 0.25) is 0 Å². The first-order chi connectivity index (χ1) is 17.7. The Hall–Kier alpha value is -3.60. The SMILES string of the molecule is C[C@@H](N1NC(F)c2cc(NCc3ccc(Cl)cc3)ccc21)[C@](O)(Cn1cncn1)c1ccc(F)cc1F. The number of benzene rings is 3. The lowest BCUT2D eigenvalue weighted by Gasteiger charge is -2.40. The van der Waals surface area contributed by atoms with Gasteiger partial charge in [-0.05, 0) is 48.9 Å². The van der Waals surface area contributed by atoms with Gasteiger partial charge in [-0.2, -0.15) is 10.5 Å². The van der Waals surface area contributed by atoms with Crippen molar-refractivity contribution in [3.8, 4) is 0 Å². The molecule has 3 atom stereocenters. The van der Waals surface area contributed by atoms with Gasteiger partial charge in [0.1, 0.15) is 29.9 Å². The predicted molar refractivity (Wildman–Crippen MR) is 134 cm³/mol. The molecule has 11 heteroatoms. The second-order valence-corrected chi connectivity index (χ2v) is 9.37. The molecule has 0 saturated heterocycles. The van der Waals surface area contributed by atoms with Crippen LogP contribution in [0.15, 0.2) is 73.3 Å². The van der Waals surface area contributed by atoms with Crippen molar-refractivity contribution in [3.05, 3.63) is 107 Å². The van der Waals surface area contributed by atoms with E-state index >= 15 is 4.39 Å². The molecule has 1 aromatic heterocycles. The van der Waals surface area contributed by atoms with Gasteiger partial charge in [-0.3, -0.25) is 5.01 Å². The summed E-state index contributed by atoms with van der Waals surface area (Å²) >= 11 is 5.94. The zero-order chi connectivity index (χ0) is 26.2. The number of nitrogens with zero attached hydrogens (tertiary/aromatic N) is 4. The summed E-state index contributed by atoms with van der Waals surface area (Å²) in [6.07, 6.45) is 1.09. The molecule has 2 heterocycles. The van der Waals surface area contributed by atoms with Crippen LogP contribution in [0.1, 0.15) is 29.9 Å². The molecule has 0 spiro atoms. The number of rotatable bonds is 8. The number of alkyl halides is 1. The minimum absolute atomic E-state index is 0.149. The summed E-state index contributed by atoms with van der Waals surface area (Å²) < 4.78 is 45.1. The van der Waals surface area contributed by atoms with Crippen molar-refractivity contribution in [2.24, 2.45) is 0 Å². The van der Waals surface area contributed by atoms with E-state index in [0.717, 1.165) is 11.6 Å². The number of aromatic nitrogens is 3. The molecule has 3 N–H and O–H groups in total. The molecule has 4 aromatic rings. The number of hydrazine groups is 1. The fourth-order valence-corrected chi connectivity index (χ4v) is 4.66. The molecule has 1 aliphatic heterocycles. The predicted octanol–water partition coefficient (Wildman–Crippen LogP) is 5.09. The van der Waals surface area contributed by atoms with E-state index in [0.29, 0.717) is 34.6 Å². The number of hydrogen-bond acceptors (Lipinski definition) is 6. The molecule has 1 aliphatic rings. The molecule has 0 saturated carbocycles. The largest absolute Gasteiger partial charge is 0.381 e. The van der Waals surface area contributed by atoms with Crippen LogP contribution in [0.25, 0.3) is 0 Å². The van der Waals surface area contributed by atoms with Gasteiger partial charge < -0.3 is 10.4 Å². The Bertz CT molecular complexity index is 1390. The number of aliphatic hydroxyl groups is 1. The third kappa shape index (κ3) is 5.00. The third-order valence-corrected chi connectivity index (χ3v) is 6.82. The van der Waals surface area contributed by atoms with Gasteiger partial charge in [-0.25, -0.2) is 22.8 Å². The van der Waals surface area contributed by atoms with Gasteiger partial charge in [0.15, 0.2) is 6.30 Å². The fourth-order valence-electron chi connectivity index (χ4n) is 4.53. The maximum atomic E-state index is 15.2. The summed E-state index contributed by atoms with van der Waals surface area (Å²) in [7, 11) is 0. The smallest absolute Gasteiger partial charge is 0.195 e. The Morgan fingerprint density at radius 2 is 1.92 bits per heavy atom. The van der Waals surface area contributed by atoms with Crippen LogP contribution in [0.5, 0.6) is 0 Å². The van der Waals surface area contributed by atoms with Crippen LogP contribution in [0.2, 0.25) is 5.02 Å². The summed E-state index contributed by atoms with van der Waals surface area (Å²) in [5.74, 6) is -1.70. The molecular weight excluding hydrogens is 505 g/mol. The standard InChI is InChI=1S/C26H24ClF3N6O/c1-16(26(37,13-35-15-31-14-33-35)22-8-6-19(28)10-23(22)29)36-24-9-7-20(11-21(24)25(30)34-36)32-12-17-2-4-18(27)5-3-17/h2-11,14-16,25,32,34,37H,12-13H2,1H3/t16-,25?,26-/m1/s1. The van der Waals surface area contributed by atoms with E-state index in [9.17, 15) is 13.9 Å². The van der Waals surface area contributed by atoms with Crippen LogP contribution >= 0.6 is 11.6 Å². The number of halogens is 4. The minimum Gasteiger partial charge on any atom is -0.381 e. The highest BCUT2D eigenvalue weighted by Gasteiger charge is 2.45. The van der Waals surface area contributed by atoms with Crippen LogP contribution in [0, 0.1) is 11.6 Å². The average molecular weight is 529 g/mol. The molecular formula is C26H24ClF3N6O. The second kappa shape index (κ2) is 10.0. The van der Waals surface area contributed by atoms with Crippen molar-refractivity contribution >= 4 is 23.0 Å². The molecule has 1 unspecified atom stereocenters. The maximum absolute atomic E-state index is 15.2. The molecule has 5 rings (SSSR count). The third-order valence-electron chi connectivity index (χ3n) is 6.57. The highest BCUT2D eigenvalue weighted by atomic mass is 35.5. The van der Waals surface area contributed by atoms with E-state index in [1.807, 2.05) is 12.1 Å². The lowest BCUT2D eigenvalue weighted by molar-refractivity contribution is -0.0149. The van der Waals surface area contributed by atoms with E-state index in [-0.39, 0.29) is 12.1 Å². The summed E-state index contributed by atoms with van der Waals surface area (Å²) in [5.41, 5.74) is 3.20. The average Bonchev–Trinajstić information content (AvgIpc) is 3.50. The molecule has 3 aromatic carbocycles. The molecule has 192 valence electrons. The molecule has 0 amide bonds. The first-order valence-electron chi connectivity index (χ1n) is 11.6. The Labute approximate surface area is 216 Å². The van der Waals surface area contributed by atoms with Crippen molar-refractivity contribution in [1.29, 1.82) is 0 Å². The quantitative estimate of drug-likeness (QED) is 0.277. The van der Waals surface area contributed by atoms with Crippen molar-refractivity contribution < 1.29 is 18.3 Å². The summed E-state index contributed by atoms with van der Waals surface area (Å²) in [5, 5.41) is 21.3. The van der Waals surface area contributed by atoms with Crippen LogP contribution in [-0.2, 0) is 18.7 Å². The highest BCUT2D eigenvalue weighted by molar-refractivity contribution is 6.30. The zero-order valence-corrected chi connectivity index (χ0v) is 20.5. The number of fused-ring (bicyclic) bond motifs is 1. The van der Waals surface area contributed by atoms with E-state index in [1.54, 1.807) is 37.3 Å². The first kappa shape index (κ1) is 25.1. The lowest BCUT2D eigenvalue weighted by Crippen LogP contribution is -2.55. The number of nitrogens with one attached hydrogen (secondary N) is 2. The van der Waals surface area contributed by atoms with Crippen molar-refractivity contribution in [2.75, 3.05) is 10.3 Å². The Balaban J connectivity index is 1.44. The number of anilines is 2. The normalized spacial score (nSPS) is 17.4. The van der Waals surface area contributed by atoms with Gasteiger partial charge in [0.25, 0.3) is 0 Å².